The van der Waals surface area contributed by atoms with Gasteiger partial charge in [-0.05, 0) is 24.1 Å². The molecule has 0 atom stereocenters. The molecule has 1 N–H and O–H groups in total. The Morgan fingerprint density at radius 2 is 1.86 bits per heavy atom. The summed E-state index contributed by atoms with van der Waals surface area (Å²) in [6.07, 6.45) is 5.77. The van der Waals surface area contributed by atoms with Crippen LogP contribution in [-0.4, -0.2) is 14.8 Å². The van der Waals surface area contributed by atoms with Gasteiger partial charge in [-0.2, -0.15) is 5.10 Å². The highest BCUT2D eigenvalue weighted by molar-refractivity contribution is 5.39. The van der Waals surface area contributed by atoms with Gasteiger partial charge in [-0.3, -0.25) is 9.67 Å². The third-order valence-corrected chi connectivity index (χ3v) is 3.29. The van der Waals surface area contributed by atoms with Crippen molar-refractivity contribution in [2.24, 2.45) is 0 Å². The fourth-order valence-corrected chi connectivity index (χ4v) is 2.12. The number of anilines is 1. The van der Waals surface area contributed by atoms with Gasteiger partial charge in [0, 0.05) is 24.6 Å². The van der Waals surface area contributed by atoms with E-state index in [0.717, 1.165) is 30.0 Å². The molecule has 106 valence electrons. The van der Waals surface area contributed by atoms with Crippen molar-refractivity contribution in [3.63, 3.8) is 0 Å². The second kappa shape index (κ2) is 6.22. The van der Waals surface area contributed by atoms with Crippen LogP contribution in [0.15, 0.2) is 61.1 Å². The summed E-state index contributed by atoms with van der Waals surface area (Å²) >= 11 is 0. The molecule has 4 heteroatoms. The molecule has 0 bridgehead atoms. The number of nitrogens with one attached hydrogen (secondary N) is 1. The van der Waals surface area contributed by atoms with Crippen LogP contribution in [0, 0.1) is 6.92 Å². The smallest absolute Gasteiger partial charge is 0.0729 e. The summed E-state index contributed by atoms with van der Waals surface area (Å²) in [6, 6.07) is 14.4. The summed E-state index contributed by atoms with van der Waals surface area (Å²) in [5.41, 5.74) is 4.47. The van der Waals surface area contributed by atoms with Gasteiger partial charge >= 0.3 is 0 Å². The number of pyridine rings is 1. The van der Waals surface area contributed by atoms with Crippen LogP contribution in [0.3, 0.4) is 0 Å². The lowest BCUT2D eigenvalue weighted by molar-refractivity contribution is 0.687. The molecule has 0 fully saturated rings. The summed E-state index contributed by atoms with van der Waals surface area (Å²) in [5, 5.41) is 7.74. The molecule has 0 aliphatic heterocycles. The van der Waals surface area contributed by atoms with Crippen molar-refractivity contribution < 1.29 is 0 Å². The van der Waals surface area contributed by atoms with Gasteiger partial charge in [0.05, 0.1) is 18.4 Å². The van der Waals surface area contributed by atoms with Gasteiger partial charge in [-0.15, -0.1) is 0 Å². The molecule has 2 heterocycles. The van der Waals surface area contributed by atoms with Crippen LogP contribution >= 0.6 is 0 Å². The molecule has 21 heavy (non-hydrogen) atoms. The maximum Gasteiger partial charge on any atom is 0.0729 e. The van der Waals surface area contributed by atoms with Crippen molar-refractivity contribution >= 4 is 5.69 Å². The first-order chi connectivity index (χ1) is 10.3. The van der Waals surface area contributed by atoms with E-state index in [0.29, 0.717) is 0 Å². The predicted molar refractivity (Wildman–Crippen MR) is 84.1 cm³/mol. The van der Waals surface area contributed by atoms with Crippen LogP contribution in [0.5, 0.6) is 0 Å². The highest BCUT2D eigenvalue weighted by Gasteiger charge is 2.00. The van der Waals surface area contributed by atoms with Crippen LogP contribution in [0.25, 0.3) is 0 Å². The Morgan fingerprint density at radius 3 is 2.62 bits per heavy atom. The third kappa shape index (κ3) is 3.69. The van der Waals surface area contributed by atoms with E-state index in [1.807, 2.05) is 54.5 Å². The predicted octanol–water partition coefficient (Wildman–Crippen LogP) is 3.25. The van der Waals surface area contributed by atoms with E-state index in [-0.39, 0.29) is 0 Å². The second-order valence-electron chi connectivity index (χ2n) is 5.07. The van der Waals surface area contributed by atoms with Crippen molar-refractivity contribution in [1.82, 2.24) is 14.8 Å². The number of benzene rings is 1. The number of hydrogen-bond donors (Lipinski definition) is 1. The summed E-state index contributed by atoms with van der Waals surface area (Å²) in [4.78, 5) is 4.29. The maximum absolute atomic E-state index is 4.38. The zero-order chi connectivity index (χ0) is 14.5. The zero-order valence-corrected chi connectivity index (χ0v) is 12.0. The van der Waals surface area contributed by atoms with Gasteiger partial charge in [0.25, 0.3) is 0 Å². The quantitative estimate of drug-likeness (QED) is 0.779. The molecule has 0 unspecified atom stereocenters. The minimum absolute atomic E-state index is 0.754. The zero-order valence-electron chi connectivity index (χ0n) is 12.0. The van der Waals surface area contributed by atoms with Crippen molar-refractivity contribution in [3.05, 3.63) is 77.9 Å². The Kier molecular flexibility index (Phi) is 3.96. The molecule has 0 saturated carbocycles. The van der Waals surface area contributed by atoms with Crippen molar-refractivity contribution in [2.75, 3.05) is 5.32 Å². The Balaban J connectivity index is 1.59. The topological polar surface area (TPSA) is 42.7 Å². The monoisotopic (exact) mass is 278 g/mol. The van der Waals surface area contributed by atoms with Crippen molar-refractivity contribution in [2.45, 2.75) is 20.0 Å². The number of hydrogen-bond acceptors (Lipinski definition) is 3. The molecule has 3 aromatic rings. The van der Waals surface area contributed by atoms with E-state index >= 15 is 0 Å². The first kappa shape index (κ1) is 13.4. The number of aryl methyl sites for hydroxylation is 1. The molecule has 0 saturated heterocycles. The molecule has 0 aliphatic rings. The number of nitrogens with zero attached hydrogens (tertiary/aromatic N) is 3. The molecular formula is C17H18N4. The largest absolute Gasteiger partial charge is 0.378 e. The minimum atomic E-state index is 0.754. The standard InChI is InChI=1S/C17H18N4/c1-14-7-8-16(9-18-14)10-19-17-11-20-21(13-17)12-15-5-3-2-4-6-15/h2-9,11,13,19H,10,12H2,1H3. The summed E-state index contributed by atoms with van der Waals surface area (Å²) < 4.78 is 1.94. The molecule has 4 nitrogen and oxygen atoms in total. The Bertz CT molecular complexity index is 686. The van der Waals surface area contributed by atoms with Crippen LogP contribution in [0.2, 0.25) is 0 Å². The minimum Gasteiger partial charge on any atom is -0.378 e. The van der Waals surface area contributed by atoms with Gasteiger partial charge in [-0.1, -0.05) is 36.4 Å². The van der Waals surface area contributed by atoms with E-state index in [4.69, 9.17) is 0 Å². The fraction of sp³-hybridized carbons (Fsp3) is 0.176. The Hall–Kier alpha value is -2.62. The molecule has 2 aromatic heterocycles. The molecular weight excluding hydrogens is 260 g/mol. The Morgan fingerprint density at radius 1 is 1.00 bits per heavy atom. The van der Waals surface area contributed by atoms with Gasteiger partial charge in [0.2, 0.25) is 0 Å². The van der Waals surface area contributed by atoms with E-state index in [1.165, 1.54) is 5.56 Å². The first-order valence-electron chi connectivity index (χ1n) is 7.01. The highest BCUT2D eigenvalue weighted by atomic mass is 15.3. The molecule has 1 aromatic carbocycles. The molecule has 0 amide bonds. The van der Waals surface area contributed by atoms with Crippen LogP contribution in [-0.2, 0) is 13.1 Å². The lowest BCUT2D eigenvalue weighted by Crippen LogP contribution is -2.01. The van der Waals surface area contributed by atoms with E-state index in [9.17, 15) is 0 Å². The van der Waals surface area contributed by atoms with Gasteiger partial charge in [0.15, 0.2) is 0 Å². The van der Waals surface area contributed by atoms with E-state index < -0.39 is 0 Å². The average molecular weight is 278 g/mol. The number of rotatable bonds is 5. The highest BCUT2D eigenvalue weighted by Crippen LogP contribution is 2.10. The molecule has 0 spiro atoms. The van der Waals surface area contributed by atoms with Crippen molar-refractivity contribution in [3.8, 4) is 0 Å². The second-order valence-corrected chi connectivity index (χ2v) is 5.07. The SMILES string of the molecule is Cc1ccc(CNc2cnn(Cc3ccccc3)c2)cn1. The van der Waals surface area contributed by atoms with Crippen LogP contribution in [0.4, 0.5) is 5.69 Å². The summed E-state index contributed by atoms with van der Waals surface area (Å²) in [7, 11) is 0. The van der Waals surface area contributed by atoms with Crippen molar-refractivity contribution in [1.29, 1.82) is 0 Å². The van der Waals surface area contributed by atoms with E-state index in [2.05, 4.69) is 33.6 Å². The molecule has 0 aliphatic carbocycles. The van der Waals surface area contributed by atoms with Crippen LogP contribution in [0.1, 0.15) is 16.8 Å². The summed E-state index contributed by atoms with van der Waals surface area (Å²) in [6.45, 7) is 3.53. The van der Waals surface area contributed by atoms with Gasteiger partial charge in [0.1, 0.15) is 0 Å². The normalized spacial score (nSPS) is 10.5. The molecule has 3 rings (SSSR count). The molecule has 0 radical (unpaired) electrons. The summed E-state index contributed by atoms with van der Waals surface area (Å²) in [5.74, 6) is 0. The fourth-order valence-electron chi connectivity index (χ4n) is 2.12. The van der Waals surface area contributed by atoms with Crippen LogP contribution < -0.4 is 5.32 Å². The first-order valence-corrected chi connectivity index (χ1v) is 7.01. The lowest BCUT2D eigenvalue weighted by atomic mass is 10.2. The average Bonchev–Trinajstić information content (AvgIpc) is 2.95. The van der Waals surface area contributed by atoms with Gasteiger partial charge < -0.3 is 5.32 Å². The Labute approximate surface area is 124 Å². The van der Waals surface area contributed by atoms with E-state index in [1.54, 1.807) is 0 Å². The number of aromatic nitrogens is 3. The lowest BCUT2D eigenvalue weighted by Gasteiger charge is -2.04. The third-order valence-electron chi connectivity index (χ3n) is 3.29. The maximum atomic E-state index is 4.38. The van der Waals surface area contributed by atoms with Gasteiger partial charge in [-0.25, -0.2) is 0 Å².